The van der Waals surface area contributed by atoms with Crippen LogP contribution in [0, 0.1) is 11.8 Å². The normalized spacial score (nSPS) is 12.3. The Morgan fingerprint density at radius 2 is 1.36 bits per heavy atom. The first kappa shape index (κ1) is 22.5. The average Bonchev–Trinajstić information content (AvgIpc) is 2.69. The largest absolute Gasteiger partial charge is 0.494 e. The van der Waals surface area contributed by atoms with Gasteiger partial charge in [0.2, 0.25) is 0 Å². The zero-order valence-corrected chi connectivity index (χ0v) is 18.5. The fraction of sp³-hybridized carbons (Fsp3) is 0.556. The molecule has 0 heterocycles. The number of benzene rings is 2. The highest BCUT2D eigenvalue weighted by Gasteiger charge is 2.05. The van der Waals surface area contributed by atoms with Gasteiger partial charge < -0.3 is 4.74 Å². The quantitative estimate of drug-likeness (QED) is 0.317. The van der Waals surface area contributed by atoms with Gasteiger partial charge in [-0.25, -0.2) is 0 Å². The highest BCUT2D eigenvalue weighted by atomic mass is 16.5. The third-order valence-electron chi connectivity index (χ3n) is 5.57. The van der Waals surface area contributed by atoms with Crippen LogP contribution in [0.1, 0.15) is 78.2 Å². The molecule has 0 fully saturated rings. The highest BCUT2D eigenvalue weighted by molar-refractivity contribution is 5.64. The SMILES string of the molecule is CCCCCc1ccc(-c2ccc(OCCC(C)CCCC(C)C)cc2)cc1. The van der Waals surface area contributed by atoms with Crippen molar-refractivity contribution in [3.8, 4) is 16.9 Å². The summed E-state index contributed by atoms with van der Waals surface area (Å²) in [6.45, 7) is 10.0. The van der Waals surface area contributed by atoms with Gasteiger partial charge in [-0.3, -0.25) is 0 Å². The van der Waals surface area contributed by atoms with E-state index in [1.807, 2.05) is 0 Å². The van der Waals surface area contributed by atoms with Crippen LogP contribution in [0.5, 0.6) is 5.75 Å². The molecule has 2 aromatic rings. The molecule has 0 saturated carbocycles. The van der Waals surface area contributed by atoms with Crippen molar-refractivity contribution in [1.82, 2.24) is 0 Å². The van der Waals surface area contributed by atoms with E-state index in [1.54, 1.807) is 0 Å². The minimum atomic E-state index is 0.744. The summed E-state index contributed by atoms with van der Waals surface area (Å²) < 4.78 is 5.97. The number of rotatable bonds is 13. The minimum Gasteiger partial charge on any atom is -0.494 e. The molecule has 0 spiro atoms. The van der Waals surface area contributed by atoms with E-state index in [1.165, 1.54) is 61.6 Å². The van der Waals surface area contributed by atoms with E-state index in [0.717, 1.165) is 30.6 Å². The fourth-order valence-electron chi connectivity index (χ4n) is 3.58. The number of unbranched alkanes of at least 4 members (excludes halogenated alkanes) is 2. The van der Waals surface area contributed by atoms with E-state index in [9.17, 15) is 0 Å². The van der Waals surface area contributed by atoms with E-state index in [-0.39, 0.29) is 0 Å². The topological polar surface area (TPSA) is 9.23 Å². The van der Waals surface area contributed by atoms with Crippen molar-refractivity contribution in [3.05, 3.63) is 54.1 Å². The van der Waals surface area contributed by atoms with Gasteiger partial charge in [0.25, 0.3) is 0 Å². The molecular weight excluding hydrogens is 340 g/mol. The molecule has 28 heavy (non-hydrogen) atoms. The van der Waals surface area contributed by atoms with E-state index in [4.69, 9.17) is 4.74 Å². The minimum absolute atomic E-state index is 0.744. The summed E-state index contributed by atoms with van der Waals surface area (Å²) in [7, 11) is 0. The number of hydrogen-bond acceptors (Lipinski definition) is 1. The Morgan fingerprint density at radius 3 is 1.96 bits per heavy atom. The molecule has 0 aliphatic heterocycles. The molecule has 1 heteroatoms. The number of ether oxygens (including phenoxy) is 1. The van der Waals surface area contributed by atoms with E-state index < -0.39 is 0 Å². The molecule has 0 N–H and O–H groups in total. The first-order chi connectivity index (χ1) is 13.6. The van der Waals surface area contributed by atoms with Gasteiger partial charge in [-0.05, 0) is 59.9 Å². The molecule has 1 atom stereocenters. The molecule has 154 valence electrons. The molecule has 0 aromatic heterocycles. The van der Waals surface area contributed by atoms with Crippen LogP contribution in [0.4, 0.5) is 0 Å². The second kappa shape index (κ2) is 12.6. The molecule has 2 aromatic carbocycles. The van der Waals surface area contributed by atoms with Gasteiger partial charge in [0, 0.05) is 0 Å². The van der Waals surface area contributed by atoms with Crippen LogP contribution in [0.25, 0.3) is 11.1 Å². The van der Waals surface area contributed by atoms with Gasteiger partial charge >= 0.3 is 0 Å². The fourth-order valence-corrected chi connectivity index (χ4v) is 3.58. The van der Waals surface area contributed by atoms with Gasteiger partial charge in [0.05, 0.1) is 6.61 Å². The van der Waals surface area contributed by atoms with Gasteiger partial charge in [-0.15, -0.1) is 0 Å². The Labute approximate surface area is 173 Å². The molecule has 1 unspecified atom stereocenters. The van der Waals surface area contributed by atoms with Gasteiger partial charge in [0.15, 0.2) is 0 Å². The van der Waals surface area contributed by atoms with Crippen LogP contribution in [0.3, 0.4) is 0 Å². The predicted molar refractivity (Wildman–Crippen MR) is 123 cm³/mol. The lowest BCUT2D eigenvalue weighted by atomic mass is 9.98. The second-order valence-electron chi connectivity index (χ2n) is 8.75. The van der Waals surface area contributed by atoms with Crippen molar-refractivity contribution in [2.75, 3.05) is 6.61 Å². The molecule has 0 bridgehead atoms. The first-order valence-electron chi connectivity index (χ1n) is 11.4. The van der Waals surface area contributed by atoms with Crippen LogP contribution in [0.15, 0.2) is 48.5 Å². The Morgan fingerprint density at radius 1 is 0.714 bits per heavy atom. The zero-order valence-electron chi connectivity index (χ0n) is 18.5. The van der Waals surface area contributed by atoms with Crippen molar-refractivity contribution in [3.63, 3.8) is 0 Å². The summed E-state index contributed by atoms with van der Waals surface area (Å²) in [5.41, 5.74) is 3.98. The average molecular weight is 381 g/mol. The summed E-state index contributed by atoms with van der Waals surface area (Å²) in [5.74, 6) is 2.54. The second-order valence-corrected chi connectivity index (χ2v) is 8.75. The summed E-state index contributed by atoms with van der Waals surface area (Å²) in [5, 5.41) is 0. The Kier molecular flexibility index (Phi) is 10.2. The number of aryl methyl sites for hydroxylation is 1. The van der Waals surface area contributed by atoms with Crippen LogP contribution in [0.2, 0.25) is 0 Å². The highest BCUT2D eigenvalue weighted by Crippen LogP contribution is 2.24. The van der Waals surface area contributed by atoms with E-state index in [2.05, 4.69) is 76.2 Å². The molecule has 0 aliphatic rings. The third kappa shape index (κ3) is 8.50. The van der Waals surface area contributed by atoms with Gasteiger partial charge in [-0.2, -0.15) is 0 Å². The maximum atomic E-state index is 5.97. The van der Waals surface area contributed by atoms with Crippen LogP contribution in [-0.4, -0.2) is 6.61 Å². The van der Waals surface area contributed by atoms with E-state index >= 15 is 0 Å². The van der Waals surface area contributed by atoms with Crippen molar-refractivity contribution < 1.29 is 4.74 Å². The molecule has 1 nitrogen and oxygen atoms in total. The maximum absolute atomic E-state index is 5.97. The molecule has 0 amide bonds. The van der Waals surface area contributed by atoms with Crippen LogP contribution < -0.4 is 4.74 Å². The van der Waals surface area contributed by atoms with Crippen LogP contribution >= 0.6 is 0 Å². The van der Waals surface area contributed by atoms with Crippen molar-refractivity contribution in [2.45, 2.75) is 79.1 Å². The summed E-state index contributed by atoms with van der Waals surface area (Å²) in [6, 6.07) is 17.6. The maximum Gasteiger partial charge on any atom is 0.119 e. The van der Waals surface area contributed by atoms with Crippen molar-refractivity contribution in [2.24, 2.45) is 11.8 Å². The molecule has 0 radical (unpaired) electrons. The Balaban J connectivity index is 1.75. The Hall–Kier alpha value is -1.76. The standard InChI is InChI=1S/C27H40O/c1-5-6-7-11-24-12-14-25(15-13-24)26-16-18-27(19-17-26)28-21-20-23(4)10-8-9-22(2)3/h12-19,22-23H,5-11,20-21H2,1-4H3. The van der Waals surface area contributed by atoms with Gasteiger partial charge in [0.1, 0.15) is 5.75 Å². The molecule has 2 rings (SSSR count). The zero-order chi connectivity index (χ0) is 20.2. The summed E-state index contributed by atoms with van der Waals surface area (Å²) in [6.07, 6.45) is 10.2. The molecule has 0 saturated heterocycles. The summed E-state index contributed by atoms with van der Waals surface area (Å²) in [4.78, 5) is 0. The number of hydrogen-bond donors (Lipinski definition) is 0. The Bertz CT molecular complexity index is 639. The monoisotopic (exact) mass is 380 g/mol. The lowest BCUT2D eigenvalue weighted by Gasteiger charge is -2.13. The first-order valence-corrected chi connectivity index (χ1v) is 11.4. The van der Waals surface area contributed by atoms with E-state index in [0.29, 0.717) is 0 Å². The van der Waals surface area contributed by atoms with Crippen molar-refractivity contribution >= 4 is 0 Å². The van der Waals surface area contributed by atoms with Crippen LogP contribution in [-0.2, 0) is 6.42 Å². The van der Waals surface area contributed by atoms with Crippen molar-refractivity contribution in [1.29, 1.82) is 0 Å². The molecule has 0 aliphatic carbocycles. The predicted octanol–water partition coefficient (Wildman–Crippen LogP) is 8.32. The lowest BCUT2D eigenvalue weighted by molar-refractivity contribution is 0.276. The lowest BCUT2D eigenvalue weighted by Crippen LogP contribution is -2.04. The molecular formula is C27H40O. The third-order valence-corrected chi connectivity index (χ3v) is 5.57. The van der Waals surface area contributed by atoms with Gasteiger partial charge in [-0.1, -0.05) is 96.2 Å². The smallest absolute Gasteiger partial charge is 0.119 e. The summed E-state index contributed by atoms with van der Waals surface area (Å²) >= 11 is 0.